The maximum atomic E-state index is 11.8. The van der Waals surface area contributed by atoms with Crippen LogP contribution >= 0.6 is 47.8 Å². The number of carbonyl (C=O) groups is 3. The number of aliphatic carboxylic acids is 1. The Labute approximate surface area is 291 Å². The Kier molecular flexibility index (Phi) is 19.7. The molecule has 254 valence electrons. The number of ether oxygens (including phenoxy) is 3. The Morgan fingerprint density at radius 2 is 1.56 bits per heavy atom. The van der Waals surface area contributed by atoms with Gasteiger partial charge in [0.1, 0.15) is 31.5 Å². The lowest BCUT2D eigenvalue weighted by atomic mass is 10.1. The van der Waals surface area contributed by atoms with Crippen molar-refractivity contribution in [1.29, 1.82) is 0 Å². The van der Waals surface area contributed by atoms with Crippen LogP contribution in [-0.4, -0.2) is 94.2 Å². The largest absolute Gasteiger partial charge is 0.480 e. The van der Waals surface area contributed by atoms with Crippen LogP contribution in [0.4, 0.5) is 4.79 Å². The molecule has 4 heterocycles. The highest BCUT2D eigenvalue weighted by atomic mass is 79.9. The summed E-state index contributed by atoms with van der Waals surface area (Å²) in [5, 5.41) is 21.2. The molecule has 0 aliphatic carbocycles. The number of aromatic nitrogens is 2. The summed E-state index contributed by atoms with van der Waals surface area (Å²) < 4.78 is 17.9. The molecule has 0 aromatic carbocycles. The number of likely N-dealkylation sites (tertiary alicyclic amines) is 1. The summed E-state index contributed by atoms with van der Waals surface area (Å²) in [5.74, 6) is -0.575. The van der Waals surface area contributed by atoms with Crippen LogP contribution in [-0.2, 0) is 19.1 Å². The first-order chi connectivity index (χ1) is 20.2. The molecule has 0 radical (unpaired) electrons. The summed E-state index contributed by atoms with van der Waals surface area (Å²) in [6.07, 6.45) is 0.368. The number of amides is 1. The van der Waals surface area contributed by atoms with Crippen molar-refractivity contribution >= 4 is 65.8 Å². The quantitative estimate of drug-likeness (QED) is 0.234. The molecule has 2 aliphatic rings. The molecule has 0 bridgehead atoms. The Bertz CT molecular complexity index is 1200. The molecule has 45 heavy (non-hydrogen) atoms. The number of aliphatic hydroxyl groups is 1. The van der Waals surface area contributed by atoms with Gasteiger partial charge in [0.15, 0.2) is 0 Å². The van der Waals surface area contributed by atoms with E-state index in [9.17, 15) is 14.4 Å². The number of nitrogens with zero attached hydrogens (tertiary/aromatic N) is 3. The minimum absolute atomic E-state index is 0. The van der Waals surface area contributed by atoms with Crippen molar-refractivity contribution < 1.29 is 38.8 Å². The van der Waals surface area contributed by atoms with Gasteiger partial charge in [-0.25, -0.2) is 19.6 Å². The second-order valence-corrected chi connectivity index (χ2v) is 13.2. The minimum atomic E-state index is -1.06. The van der Waals surface area contributed by atoms with Gasteiger partial charge in [0.2, 0.25) is 5.88 Å². The number of carboxylic acid groups (broad SMARTS) is 1. The third-order valence-corrected chi connectivity index (χ3v) is 7.43. The first-order valence-electron chi connectivity index (χ1n) is 13.4. The molecule has 15 heteroatoms. The predicted octanol–water partition coefficient (Wildman–Crippen LogP) is 5.94. The van der Waals surface area contributed by atoms with E-state index in [0.717, 1.165) is 26.8 Å². The Morgan fingerprint density at radius 1 is 0.978 bits per heavy atom. The van der Waals surface area contributed by atoms with E-state index >= 15 is 0 Å². The molecule has 2 aliphatic heterocycles. The van der Waals surface area contributed by atoms with Gasteiger partial charge in [-0.1, -0.05) is 27.0 Å². The minimum Gasteiger partial charge on any atom is -0.480 e. The Hall–Kier alpha value is -2.33. The zero-order valence-corrected chi connectivity index (χ0v) is 29.1. The normalized spacial score (nSPS) is 20.1. The molecule has 2 aromatic rings. The average molecular weight is 829 g/mol. The molecule has 0 spiro atoms. The summed E-state index contributed by atoms with van der Waals surface area (Å²) in [7, 11) is 1.40. The van der Waals surface area contributed by atoms with Gasteiger partial charge in [0, 0.05) is 37.6 Å². The number of carboxylic acids is 1. The zero-order chi connectivity index (χ0) is 32.2. The summed E-state index contributed by atoms with van der Waals surface area (Å²) in [6.45, 7) is 6.57. The molecule has 0 unspecified atom stereocenters. The van der Waals surface area contributed by atoms with Gasteiger partial charge >= 0.3 is 18.0 Å². The van der Waals surface area contributed by atoms with E-state index in [4.69, 9.17) is 24.4 Å². The Balaban J connectivity index is 0.000000672. The monoisotopic (exact) mass is 826 g/mol. The molecule has 3 N–H and O–H groups in total. The lowest BCUT2D eigenvalue weighted by molar-refractivity contribution is -0.143. The first-order valence-corrected chi connectivity index (χ1v) is 15.8. The molecule has 1 amide bonds. The third-order valence-electron chi connectivity index (χ3n) is 6.10. The first kappa shape index (κ1) is 42.7. The third kappa shape index (κ3) is 15.7. The number of nitrogens with one attached hydrogen (secondary N) is 1. The van der Waals surface area contributed by atoms with Crippen LogP contribution in [0.3, 0.4) is 0 Å². The maximum absolute atomic E-state index is 11.8. The highest BCUT2D eigenvalue weighted by molar-refractivity contribution is 9.11. The molecular formula is C30H45Br3N4O8. The molecule has 4 rings (SSSR count). The molecule has 2 aromatic heterocycles. The number of pyridine rings is 2. The summed E-state index contributed by atoms with van der Waals surface area (Å²) >= 11 is 9.73. The average Bonchev–Trinajstić information content (AvgIpc) is 3.59. The summed E-state index contributed by atoms with van der Waals surface area (Å²) in [6, 6.07) is 10.1. The van der Waals surface area contributed by atoms with Crippen LogP contribution in [0.25, 0.3) is 0 Å². The van der Waals surface area contributed by atoms with Crippen molar-refractivity contribution in [2.45, 2.75) is 66.2 Å². The molecule has 2 fully saturated rings. The van der Waals surface area contributed by atoms with Crippen molar-refractivity contribution in [1.82, 2.24) is 20.2 Å². The molecule has 12 nitrogen and oxygen atoms in total. The summed E-state index contributed by atoms with van der Waals surface area (Å²) in [4.78, 5) is 43.5. The van der Waals surface area contributed by atoms with Gasteiger partial charge in [0.25, 0.3) is 0 Å². The van der Waals surface area contributed by atoms with E-state index in [2.05, 4.69) is 63.1 Å². The number of aliphatic hydroxyl groups excluding tert-OH is 1. The highest BCUT2D eigenvalue weighted by Crippen LogP contribution is 2.25. The second-order valence-electron chi connectivity index (χ2n) is 10.7. The number of rotatable bonds is 6. The van der Waals surface area contributed by atoms with Crippen LogP contribution < -0.4 is 10.1 Å². The lowest BCUT2D eigenvalue weighted by Crippen LogP contribution is -2.43. The van der Waals surface area contributed by atoms with E-state index in [1.54, 1.807) is 20.8 Å². The van der Waals surface area contributed by atoms with Crippen LogP contribution in [0, 0.1) is 11.8 Å². The molecule has 2 saturated heterocycles. The molecular weight excluding hydrogens is 784 g/mol. The van der Waals surface area contributed by atoms with Crippen molar-refractivity contribution in [2.24, 2.45) is 11.8 Å². The number of hydrogen-bond donors (Lipinski definition) is 3. The van der Waals surface area contributed by atoms with Gasteiger partial charge in [-0.2, -0.15) is 0 Å². The number of esters is 1. The fourth-order valence-corrected chi connectivity index (χ4v) is 5.38. The standard InChI is InChI=1S/C12H15BrN2O3.C11H19NO5.C5H3Br2N.2CH4/c1-17-12(16)9-5-8(6-14-9)7-18-11-4-2-3-10(13)15-11;1-11(2,3)17-10(16)12-5-7(6-13)4-8(12)9(14)15;6-4-2-1-3-5(7)8-4;;/h2-4,8-9,14H,5-7H2,1H3;7-8,13H,4-6H2,1-3H3,(H,14,15);1-3H;2*1H4/t8-,9+;7-,8+;;;/m11.../s1. The van der Waals surface area contributed by atoms with E-state index < -0.39 is 23.7 Å². The topological polar surface area (TPSA) is 160 Å². The van der Waals surface area contributed by atoms with E-state index in [1.807, 2.05) is 36.4 Å². The fourth-order valence-electron chi connectivity index (χ4n) is 4.13. The van der Waals surface area contributed by atoms with Gasteiger partial charge in [-0.15, -0.1) is 0 Å². The van der Waals surface area contributed by atoms with Crippen molar-refractivity contribution in [3.8, 4) is 5.88 Å². The van der Waals surface area contributed by atoms with Crippen molar-refractivity contribution in [2.75, 3.05) is 33.4 Å². The van der Waals surface area contributed by atoms with Gasteiger partial charge < -0.3 is 29.7 Å². The van der Waals surface area contributed by atoms with E-state index in [1.165, 1.54) is 12.0 Å². The van der Waals surface area contributed by atoms with Gasteiger partial charge in [-0.3, -0.25) is 9.69 Å². The van der Waals surface area contributed by atoms with Crippen molar-refractivity contribution in [3.05, 3.63) is 50.2 Å². The number of methoxy groups -OCH3 is 1. The van der Waals surface area contributed by atoms with Gasteiger partial charge in [-0.05, 0) is 99.6 Å². The summed E-state index contributed by atoms with van der Waals surface area (Å²) in [5.41, 5.74) is -0.655. The van der Waals surface area contributed by atoms with Crippen LogP contribution in [0.1, 0.15) is 48.5 Å². The Morgan fingerprint density at radius 3 is 2.02 bits per heavy atom. The van der Waals surface area contributed by atoms with Crippen molar-refractivity contribution in [3.63, 3.8) is 0 Å². The van der Waals surface area contributed by atoms with E-state index in [0.29, 0.717) is 18.4 Å². The SMILES string of the molecule is Brc1cccc(Br)n1.C.C.CC(C)(C)OC(=O)N1C[C@H](CO)C[C@H]1C(=O)O.COC(=O)[C@@H]1C[C@@H](COc2cccc(Br)n2)CN1. The number of hydrogen-bond acceptors (Lipinski definition) is 10. The van der Waals surface area contributed by atoms with Crippen LogP contribution in [0.2, 0.25) is 0 Å². The fraction of sp³-hybridized carbons (Fsp3) is 0.567. The second kappa shape index (κ2) is 20.7. The van der Waals surface area contributed by atoms with Gasteiger partial charge in [0.05, 0.1) is 13.7 Å². The molecule has 0 saturated carbocycles. The smallest absolute Gasteiger partial charge is 0.411 e. The van der Waals surface area contributed by atoms with Crippen LogP contribution in [0.15, 0.2) is 50.2 Å². The number of carbonyl (C=O) groups excluding carboxylic acids is 2. The van der Waals surface area contributed by atoms with E-state index in [-0.39, 0.29) is 52.4 Å². The predicted molar refractivity (Wildman–Crippen MR) is 182 cm³/mol. The lowest BCUT2D eigenvalue weighted by Gasteiger charge is -2.26. The molecule has 4 atom stereocenters. The van der Waals surface area contributed by atoms with Crippen LogP contribution in [0.5, 0.6) is 5.88 Å². The maximum Gasteiger partial charge on any atom is 0.411 e. The number of halogens is 3. The highest BCUT2D eigenvalue weighted by Gasteiger charge is 2.41. The zero-order valence-electron chi connectivity index (χ0n) is 24.3.